The molecule has 2 aromatic rings. The van der Waals surface area contributed by atoms with E-state index in [1.54, 1.807) is 0 Å². The number of hydrogen-bond acceptors (Lipinski definition) is 1. The number of para-hydroxylation sites is 1. The molecule has 23 heavy (non-hydrogen) atoms. The zero-order chi connectivity index (χ0) is 17.3. The summed E-state index contributed by atoms with van der Waals surface area (Å²) >= 11 is 5.53. The van der Waals surface area contributed by atoms with E-state index in [2.05, 4.69) is 4.74 Å². The molecule has 0 aliphatic carbocycles. The van der Waals surface area contributed by atoms with Gasteiger partial charge in [0.25, 0.3) is 0 Å². The van der Waals surface area contributed by atoms with Crippen molar-refractivity contribution in [1.82, 2.24) is 0 Å². The van der Waals surface area contributed by atoms with Crippen molar-refractivity contribution in [2.24, 2.45) is 0 Å². The van der Waals surface area contributed by atoms with Crippen LogP contribution in [-0.2, 0) is 12.1 Å². The summed E-state index contributed by atoms with van der Waals surface area (Å²) in [4.78, 5) is 0. The molecule has 0 amide bonds. The summed E-state index contributed by atoms with van der Waals surface area (Å²) in [5, 5.41) is 0. The lowest BCUT2D eigenvalue weighted by Gasteiger charge is -2.16. The van der Waals surface area contributed by atoms with Gasteiger partial charge < -0.3 is 4.74 Å². The van der Waals surface area contributed by atoms with Gasteiger partial charge >= 0.3 is 12.5 Å². The van der Waals surface area contributed by atoms with E-state index in [-0.39, 0.29) is 16.7 Å². The van der Waals surface area contributed by atoms with Crippen LogP contribution in [0.1, 0.15) is 11.1 Å². The van der Waals surface area contributed by atoms with Gasteiger partial charge in [0, 0.05) is 11.4 Å². The Morgan fingerprint density at radius 3 is 2.13 bits per heavy atom. The van der Waals surface area contributed by atoms with Crippen LogP contribution in [0.4, 0.5) is 26.3 Å². The van der Waals surface area contributed by atoms with E-state index in [4.69, 9.17) is 11.6 Å². The van der Waals surface area contributed by atoms with Gasteiger partial charge in [-0.15, -0.1) is 24.8 Å². The van der Waals surface area contributed by atoms with Crippen molar-refractivity contribution in [2.45, 2.75) is 18.4 Å². The summed E-state index contributed by atoms with van der Waals surface area (Å²) in [6.07, 6.45) is -9.50. The predicted octanol–water partition coefficient (Wildman–Crippen LogP) is 6.01. The van der Waals surface area contributed by atoms with Gasteiger partial charge in [-0.2, -0.15) is 13.2 Å². The molecule has 0 aliphatic rings. The zero-order valence-corrected chi connectivity index (χ0v) is 12.1. The van der Waals surface area contributed by atoms with E-state index >= 15 is 0 Å². The van der Waals surface area contributed by atoms with Crippen LogP contribution < -0.4 is 4.74 Å². The first kappa shape index (κ1) is 17.5. The first-order valence-electron chi connectivity index (χ1n) is 6.23. The van der Waals surface area contributed by atoms with Gasteiger partial charge in [-0.25, -0.2) is 0 Å². The summed E-state index contributed by atoms with van der Waals surface area (Å²) < 4.78 is 79.7. The zero-order valence-electron chi connectivity index (χ0n) is 11.3. The van der Waals surface area contributed by atoms with Crippen LogP contribution in [0.5, 0.6) is 5.75 Å². The minimum absolute atomic E-state index is 0.0184. The smallest absolute Gasteiger partial charge is 0.405 e. The van der Waals surface area contributed by atoms with Gasteiger partial charge in [0.05, 0.1) is 5.56 Å². The van der Waals surface area contributed by atoms with Crippen LogP contribution in [-0.4, -0.2) is 6.36 Å². The molecule has 0 atom stereocenters. The highest BCUT2D eigenvalue weighted by Crippen LogP contribution is 2.38. The van der Waals surface area contributed by atoms with Gasteiger partial charge in [-0.1, -0.05) is 24.3 Å². The highest BCUT2D eigenvalue weighted by Gasteiger charge is 2.34. The van der Waals surface area contributed by atoms with Gasteiger partial charge in [-0.05, 0) is 29.3 Å². The Labute approximate surface area is 132 Å². The number of benzene rings is 2. The van der Waals surface area contributed by atoms with Crippen LogP contribution in [0.25, 0.3) is 11.1 Å². The number of alkyl halides is 7. The van der Waals surface area contributed by atoms with E-state index in [0.717, 1.165) is 24.3 Å². The van der Waals surface area contributed by atoms with E-state index in [0.29, 0.717) is 0 Å². The number of ether oxygens (including phenoxy) is 1. The van der Waals surface area contributed by atoms with Gasteiger partial charge in [0.1, 0.15) is 5.75 Å². The van der Waals surface area contributed by atoms with E-state index in [1.165, 1.54) is 18.2 Å². The SMILES string of the molecule is FC(F)(F)Oc1ccccc1-c1ccc(C(F)(F)F)c(CCl)c1. The summed E-state index contributed by atoms with van der Waals surface area (Å²) in [6.45, 7) is 0. The Morgan fingerprint density at radius 1 is 0.913 bits per heavy atom. The maximum Gasteiger partial charge on any atom is 0.573 e. The fourth-order valence-corrected chi connectivity index (χ4v) is 2.29. The standard InChI is InChI=1S/C15H9ClF6O/c16-8-10-7-9(5-6-12(10)14(17,18)19)11-3-1-2-4-13(11)23-15(20,21)22/h1-7H,8H2. The minimum Gasteiger partial charge on any atom is -0.405 e. The third kappa shape index (κ3) is 4.31. The van der Waals surface area contributed by atoms with Gasteiger partial charge in [0.2, 0.25) is 0 Å². The third-order valence-electron chi connectivity index (χ3n) is 2.98. The van der Waals surface area contributed by atoms with Crippen molar-refractivity contribution in [3.63, 3.8) is 0 Å². The average Bonchev–Trinajstić information content (AvgIpc) is 2.44. The van der Waals surface area contributed by atoms with Crippen molar-refractivity contribution in [3.05, 3.63) is 53.6 Å². The lowest BCUT2D eigenvalue weighted by atomic mass is 9.99. The topological polar surface area (TPSA) is 9.23 Å². The highest BCUT2D eigenvalue weighted by molar-refractivity contribution is 6.17. The molecule has 0 N–H and O–H groups in total. The molecule has 0 heterocycles. The maximum absolute atomic E-state index is 12.8. The van der Waals surface area contributed by atoms with E-state index < -0.39 is 29.7 Å². The van der Waals surface area contributed by atoms with Crippen molar-refractivity contribution < 1.29 is 31.1 Å². The lowest BCUT2D eigenvalue weighted by molar-refractivity contribution is -0.274. The monoisotopic (exact) mass is 354 g/mol. The summed E-state index contributed by atoms with van der Waals surface area (Å²) in [5.41, 5.74) is -0.984. The molecule has 0 fully saturated rings. The fourth-order valence-electron chi connectivity index (χ4n) is 2.07. The van der Waals surface area contributed by atoms with Crippen LogP contribution in [0, 0.1) is 0 Å². The molecule has 0 radical (unpaired) electrons. The molecule has 124 valence electrons. The Hall–Kier alpha value is -1.89. The number of halogens is 7. The van der Waals surface area contributed by atoms with Crippen LogP contribution in [0.15, 0.2) is 42.5 Å². The molecule has 0 spiro atoms. The Balaban J connectivity index is 2.52. The van der Waals surface area contributed by atoms with E-state index in [9.17, 15) is 26.3 Å². The van der Waals surface area contributed by atoms with Gasteiger partial charge in [-0.3, -0.25) is 0 Å². The Bertz CT molecular complexity index is 693. The first-order chi connectivity index (χ1) is 10.6. The second kappa shape index (κ2) is 6.31. The quantitative estimate of drug-likeness (QED) is 0.484. The first-order valence-corrected chi connectivity index (χ1v) is 6.76. The highest BCUT2D eigenvalue weighted by atomic mass is 35.5. The molecule has 0 aromatic heterocycles. The number of hydrogen-bond donors (Lipinski definition) is 0. The summed E-state index contributed by atoms with van der Waals surface area (Å²) in [7, 11) is 0. The normalized spacial score (nSPS) is 12.3. The molecule has 0 saturated carbocycles. The maximum atomic E-state index is 12.8. The lowest BCUT2D eigenvalue weighted by Crippen LogP contribution is -2.17. The molecule has 2 rings (SSSR count). The molecular weight excluding hydrogens is 346 g/mol. The molecule has 0 bridgehead atoms. The molecule has 0 aliphatic heterocycles. The average molecular weight is 355 g/mol. The van der Waals surface area contributed by atoms with E-state index in [1.807, 2.05) is 0 Å². The second-order valence-electron chi connectivity index (χ2n) is 4.55. The van der Waals surface area contributed by atoms with Crippen molar-refractivity contribution in [1.29, 1.82) is 0 Å². The Morgan fingerprint density at radius 2 is 1.57 bits per heavy atom. The van der Waals surface area contributed by atoms with Gasteiger partial charge in [0.15, 0.2) is 0 Å². The molecule has 1 nitrogen and oxygen atoms in total. The van der Waals surface area contributed by atoms with Crippen LogP contribution >= 0.6 is 11.6 Å². The van der Waals surface area contributed by atoms with Crippen LogP contribution in [0.3, 0.4) is 0 Å². The largest absolute Gasteiger partial charge is 0.573 e. The predicted molar refractivity (Wildman–Crippen MR) is 73.1 cm³/mol. The van der Waals surface area contributed by atoms with Crippen molar-refractivity contribution >= 4 is 11.6 Å². The second-order valence-corrected chi connectivity index (χ2v) is 4.81. The fraction of sp³-hybridized carbons (Fsp3) is 0.200. The van der Waals surface area contributed by atoms with Crippen molar-refractivity contribution in [2.75, 3.05) is 0 Å². The molecule has 0 unspecified atom stereocenters. The summed E-state index contributed by atoms with van der Waals surface area (Å²) in [5.74, 6) is -0.925. The van der Waals surface area contributed by atoms with Crippen LogP contribution in [0.2, 0.25) is 0 Å². The molecule has 0 saturated heterocycles. The number of rotatable bonds is 3. The minimum atomic E-state index is -4.91. The summed E-state index contributed by atoms with van der Waals surface area (Å²) in [6, 6.07) is 8.17. The Kier molecular flexibility index (Phi) is 4.79. The molecule has 8 heteroatoms. The molecular formula is C15H9ClF6O. The molecule has 2 aromatic carbocycles. The van der Waals surface area contributed by atoms with Crippen molar-refractivity contribution in [3.8, 4) is 16.9 Å². The third-order valence-corrected chi connectivity index (χ3v) is 3.27.